The molecule has 1 fully saturated rings. The van der Waals surface area contributed by atoms with Gasteiger partial charge in [0.2, 0.25) is 0 Å². The molecule has 82 valence electrons. The molecule has 1 aromatic rings. The Morgan fingerprint density at radius 2 is 2.13 bits per heavy atom. The summed E-state index contributed by atoms with van der Waals surface area (Å²) in [7, 11) is 0. The van der Waals surface area contributed by atoms with E-state index in [0.29, 0.717) is 6.61 Å². The van der Waals surface area contributed by atoms with Crippen molar-refractivity contribution in [3.63, 3.8) is 0 Å². The van der Waals surface area contributed by atoms with Crippen molar-refractivity contribution in [1.82, 2.24) is 0 Å². The monoisotopic (exact) mass is 204 g/mol. The minimum absolute atomic E-state index is 0.302. The quantitative estimate of drug-likeness (QED) is 0.781. The van der Waals surface area contributed by atoms with Gasteiger partial charge in [0.05, 0.1) is 0 Å². The number of rotatable bonds is 5. The number of aryl methyl sites for hydroxylation is 1. The number of benzene rings is 1. The summed E-state index contributed by atoms with van der Waals surface area (Å²) >= 11 is 0. The average molecular weight is 204 g/mol. The first-order valence-corrected chi connectivity index (χ1v) is 6.05. The summed E-state index contributed by atoms with van der Waals surface area (Å²) in [4.78, 5) is 0. The zero-order valence-corrected chi connectivity index (χ0v) is 9.45. The third-order valence-corrected chi connectivity index (χ3v) is 3.51. The first kappa shape index (κ1) is 10.7. The second-order valence-corrected chi connectivity index (χ2v) is 4.54. The van der Waals surface area contributed by atoms with Gasteiger partial charge in [-0.3, -0.25) is 0 Å². The summed E-state index contributed by atoms with van der Waals surface area (Å²) in [5.41, 5.74) is 2.99. The molecule has 0 aromatic heterocycles. The Bertz CT molecular complexity index is 319. The van der Waals surface area contributed by atoms with Crippen LogP contribution in [0.25, 0.3) is 0 Å². The predicted molar refractivity (Wildman–Crippen MR) is 63.0 cm³/mol. The van der Waals surface area contributed by atoms with Gasteiger partial charge in [0.1, 0.15) is 0 Å². The van der Waals surface area contributed by atoms with Gasteiger partial charge in [0, 0.05) is 6.61 Å². The van der Waals surface area contributed by atoms with Gasteiger partial charge >= 0.3 is 0 Å². The van der Waals surface area contributed by atoms with Crippen LogP contribution in [0, 0.1) is 5.92 Å². The molecule has 2 rings (SSSR count). The van der Waals surface area contributed by atoms with Crippen LogP contribution in [0.5, 0.6) is 0 Å². The predicted octanol–water partition coefficient (Wildman–Crippen LogP) is 3.13. The van der Waals surface area contributed by atoms with E-state index in [1.54, 1.807) is 0 Å². The highest BCUT2D eigenvalue weighted by Gasteiger charge is 2.37. The van der Waals surface area contributed by atoms with E-state index < -0.39 is 0 Å². The summed E-state index contributed by atoms with van der Waals surface area (Å²) in [5, 5.41) is 8.87. The molecular weight excluding hydrogens is 184 g/mol. The van der Waals surface area contributed by atoms with Gasteiger partial charge in [-0.15, -0.1) is 0 Å². The van der Waals surface area contributed by atoms with Crippen LogP contribution >= 0.6 is 0 Å². The van der Waals surface area contributed by atoms with Crippen molar-refractivity contribution in [2.24, 2.45) is 5.92 Å². The topological polar surface area (TPSA) is 20.2 Å². The lowest BCUT2D eigenvalue weighted by molar-refractivity contribution is 0.288. The van der Waals surface area contributed by atoms with Crippen molar-refractivity contribution in [2.75, 3.05) is 6.61 Å². The molecule has 1 heteroatoms. The van der Waals surface area contributed by atoms with Crippen LogP contribution < -0.4 is 0 Å². The Balaban J connectivity index is 2.09. The zero-order valence-electron chi connectivity index (χ0n) is 9.45. The molecule has 1 saturated carbocycles. The molecule has 0 amide bonds. The number of aliphatic hydroxyl groups excluding tert-OH is 1. The Morgan fingerprint density at radius 1 is 1.33 bits per heavy atom. The second kappa shape index (κ2) is 4.80. The maximum absolute atomic E-state index is 8.87. The fourth-order valence-electron chi connectivity index (χ4n) is 2.47. The van der Waals surface area contributed by atoms with E-state index in [1.165, 1.54) is 24.0 Å². The Morgan fingerprint density at radius 3 is 2.80 bits per heavy atom. The van der Waals surface area contributed by atoms with Crippen LogP contribution in [0.2, 0.25) is 0 Å². The van der Waals surface area contributed by atoms with Crippen LogP contribution in [0.3, 0.4) is 0 Å². The van der Waals surface area contributed by atoms with Crippen molar-refractivity contribution in [3.05, 3.63) is 35.4 Å². The normalized spacial score (nSPS) is 24.1. The first-order valence-electron chi connectivity index (χ1n) is 6.05. The van der Waals surface area contributed by atoms with E-state index in [0.717, 1.165) is 24.7 Å². The van der Waals surface area contributed by atoms with E-state index in [-0.39, 0.29) is 0 Å². The molecule has 1 N–H and O–H groups in total. The second-order valence-electron chi connectivity index (χ2n) is 4.54. The van der Waals surface area contributed by atoms with E-state index in [4.69, 9.17) is 5.11 Å². The molecule has 0 heterocycles. The fraction of sp³-hybridized carbons (Fsp3) is 0.571. The summed E-state index contributed by atoms with van der Waals surface area (Å²) < 4.78 is 0. The van der Waals surface area contributed by atoms with Crippen molar-refractivity contribution >= 4 is 0 Å². The first-order chi connectivity index (χ1) is 7.36. The summed E-state index contributed by atoms with van der Waals surface area (Å²) in [6.07, 6.45) is 4.59. The van der Waals surface area contributed by atoms with Gasteiger partial charge < -0.3 is 5.11 Å². The third-order valence-electron chi connectivity index (χ3n) is 3.51. The molecule has 1 aliphatic carbocycles. The van der Waals surface area contributed by atoms with Crippen molar-refractivity contribution in [1.29, 1.82) is 0 Å². The molecule has 0 unspecified atom stereocenters. The SMILES string of the molecule is CC[C@@H]1C[C@@H]1c1ccccc1CCCO. The van der Waals surface area contributed by atoms with Crippen molar-refractivity contribution in [3.8, 4) is 0 Å². The van der Waals surface area contributed by atoms with Gasteiger partial charge in [-0.05, 0) is 42.2 Å². The highest BCUT2D eigenvalue weighted by atomic mass is 16.2. The van der Waals surface area contributed by atoms with E-state index in [9.17, 15) is 0 Å². The molecule has 0 saturated heterocycles. The number of aliphatic hydroxyl groups is 1. The van der Waals surface area contributed by atoms with Crippen LogP contribution in [0.4, 0.5) is 0 Å². The molecule has 15 heavy (non-hydrogen) atoms. The zero-order chi connectivity index (χ0) is 10.7. The minimum Gasteiger partial charge on any atom is -0.396 e. The average Bonchev–Trinajstić information content (AvgIpc) is 3.06. The molecule has 2 atom stereocenters. The molecule has 0 radical (unpaired) electrons. The third kappa shape index (κ3) is 2.40. The summed E-state index contributed by atoms with van der Waals surface area (Å²) in [6, 6.07) is 8.74. The lowest BCUT2D eigenvalue weighted by Gasteiger charge is -2.08. The van der Waals surface area contributed by atoms with Crippen molar-refractivity contribution < 1.29 is 5.11 Å². The fourth-order valence-corrected chi connectivity index (χ4v) is 2.47. The van der Waals surface area contributed by atoms with Crippen LogP contribution in [0.1, 0.15) is 43.2 Å². The van der Waals surface area contributed by atoms with E-state index in [1.807, 2.05) is 0 Å². The van der Waals surface area contributed by atoms with E-state index >= 15 is 0 Å². The summed E-state index contributed by atoms with van der Waals surface area (Å²) in [5.74, 6) is 1.73. The maximum Gasteiger partial charge on any atom is 0.0434 e. The van der Waals surface area contributed by atoms with Gasteiger partial charge in [-0.25, -0.2) is 0 Å². The van der Waals surface area contributed by atoms with E-state index in [2.05, 4.69) is 31.2 Å². The lowest BCUT2D eigenvalue weighted by Crippen LogP contribution is -1.95. The van der Waals surface area contributed by atoms with Gasteiger partial charge in [0.15, 0.2) is 0 Å². The molecule has 1 nitrogen and oxygen atoms in total. The smallest absolute Gasteiger partial charge is 0.0434 e. The van der Waals surface area contributed by atoms with Gasteiger partial charge in [0.25, 0.3) is 0 Å². The minimum atomic E-state index is 0.302. The van der Waals surface area contributed by atoms with Crippen LogP contribution in [-0.2, 0) is 6.42 Å². The highest BCUT2D eigenvalue weighted by molar-refractivity contribution is 5.34. The maximum atomic E-state index is 8.87. The molecule has 1 aliphatic rings. The standard InChI is InChI=1S/C14H20O/c1-2-11-10-14(11)13-8-4-3-6-12(13)7-5-9-15/h3-4,6,8,11,14-15H,2,5,7,9-10H2,1H3/t11-,14+/m1/s1. The van der Waals surface area contributed by atoms with Gasteiger partial charge in [-0.1, -0.05) is 37.6 Å². The lowest BCUT2D eigenvalue weighted by atomic mass is 9.98. The van der Waals surface area contributed by atoms with Crippen molar-refractivity contribution in [2.45, 2.75) is 38.5 Å². The Labute approximate surface area is 92.1 Å². The summed E-state index contributed by atoms with van der Waals surface area (Å²) in [6.45, 7) is 2.58. The molecule has 1 aromatic carbocycles. The largest absolute Gasteiger partial charge is 0.396 e. The molecular formula is C14H20O. The molecule has 0 aliphatic heterocycles. The highest BCUT2D eigenvalue weighted by Crippen LogP contribution is 2.50. The Kier molecular flexibility index (Phi) is 3.42. The van der Waals surface area contributed by atoms with Crippen LogP contribution in [-0.4, -0.2) is 11.7 Å². The number of hydrogen-bond donors (Lipinski definition) is 1. The van der Waals surface area contributed by atoms with Gasteiger partial charge in [-0.2, -0.15) is 0 Å². The molecule has 0 spiro atoms. The Hall–Kier alpha value is -0.820. The van der Waals surface area contributed by atoms with Crippen LogP contribution in [0.15, 0.2) is 24.3 Å². The molecule has 0 bridgehead atoms. The number of hydrogen-bond acceptors (Lipinski definition) is 1.